The maximum atomic E-state index is 4.63. The molecule has 0 saturated heterocycles. The van der Waals surface area contributed by atoms with Gasteiger partial charge in [-0.1, -0.05) is 25.5 Å². The van der Waals surface area contributed by atoms with E-state index in [1.54, 1.807) is 0 Å². The molecule has 1 atom stereocenters. The number of hydrogen-bond acceptors (Lipinski definition) is 3. The number of aromatic nitrogens is 2. The predicted octanol–water partition coefficient (Wildman–Crippen LogP) is 4.03. The van der Waals surface area contributed by atoms with E-state index in [9.17, 15) is 0 Å². The summed E-state index contributed by atoms with van der Waals surface area (Å²) in [7, 11) is 0. The Hall–Kier alpha value is -1.65. The minimum Gasteiger partial charge on any atom is -0.307 e. The zero-order valence-corrected chi connectivity index (χ0v) is 12.4. The lowest BCUT2D eigenvalue weighted by atomic mass is 10.1. The van der Waals surface area contributed by atoms with Crippen LogP contribution in [0.25, 0.3) is 5.65 Å². The zero-order valence-electron chi connectivity index (χ0n) is 11.6. The van der Waals surface area contributed by atoms with Crippen LogP contribution in [0.2, 0.25) is 0 Å². The Morgan fingerprint density at radius 3 is 3.00 bits per heavy atom. The van der Waals surface area contributed by atoms with Gasteiger partial charge in [0.25, 0.3) is 0 Å². The summed E-state index contributed by atoms with van der Waals surface area (Å²) >= 11 is 1.82. The summed E-state index contributed by atoms with van der Waals surface area (Å²) in [5, 5.41) is 5.78. The van der Waals surface area contributed by atoms with E-state index in [2.05, 4.69) is 45.3 Å². The van der Waals surface area contributed by atoms with Crippen LogP contribution in [0.1, 0.15) is 36.4 Å². The first-order valence-electron chi connectivity index (χ1n) is 7.06. The molecule has 20 heavy (non-hydrogen) atoms. The molecule has 104 valence electrons. The molecule has 3 nitrogen and oxygen atoms in total. The number of pyridine rings is 1. The highest BCUT2D eigenvalue weighted by atomic mass is 32.1. The molecule has 3 heterocycles. The van der Waals surface area contributed by atoms with Crippen molar-refractivity contribution in [2.24, 2.45) is 0 Å². The number of fused-ring (bicyclic) bond motifs is 1. The number of rotatable bonds is 6. The molecular weight excluding hydrogens is 266 g/mol. The van der Waals surface area contributed by atoms with Crippen LogP contribution in [0.5, 0.6) is 0 Å². The normalized spacial score (nSPS) is 12.8. The average molecular weight is 285 g/mol. The van der Waals surface area contributed by atoms with Gasteiger partial charge in [-0.15, -0.1) is 11.3 Å². The number of thiophene rings is 1. The van der Waals surface area contributed by atoms with Gasteiger partial charge in [-0.25, -0.2) is 4.98 Å². The Morgan fingerprint density at radius 1 is 1.30 bits per heavy atom. The fourth-order valence-corrected chi connectivity index (χ4v) is 3.26. The van der Waals surface area contributed by atoms with Crippen LogP contribution < -0.4 is 5.32 Å². The molecule has 0 radical (unpaired) electrons. The summed E-state index contributed by atoms with van der Waals surface area (Å²) in [6, 6.07) is 10.8. The summed E-state index contributed by atoms with van der Waals surface area (Å²) < 4.78 is 2.07. The van der Waals surface area contributed by atoms with Gasteiger partial charge in [-0.2, -0.15) is 0 Å². The van der Waals surface area contributed by atoms with Crippen molar-refractivity contribution in [3.63, 3.8) is 0 Å². The monoisotopic (exact) mass is 285 g/mol. The number of hydrogen-bond donors (Lipinski definition) is 1. The van der Waals surface area contributed by atoms with Crippen LogP contribution in [0.3, 0.4) is 0 Å². The van der Waals surface area contributed by atoms with E-state index in [-0.39, 0.29) is 0 Å². The molecular formula is C16H19N3S. The zero-order chi connectivity index (χ0) is 13.8. The highest BCUT2D eigenvalue weighted by Crippen LogP contribution is 2.23. The molecule has 1 N–H and O–H groups in total. The fourth-order valence-electron chi connectivity index (χ4n) is 2.42. The molecule has 0 aliphatic heterocycles. The van der Waals surface area contributed by atoms with Crippen molar-refractivity contribution in [1.29, 1.82) is 0 Å². The smallest absolute Gasteiger partial charge is 0.137 e. The minimum atomic E-state index is 0.435. The van der Waals surface area contributed by atoms with Crippen LogP contribution in [-0.2, 0) is 6.54 Å². The molecule has 3 aromatic rings. The third kappa shape index (κ3) is 2.92. The van der Waals surface area contributed by atoms with Crippen molar-refractivity contribution < 1.29 is 0 Å². The number of nitrogens with one attached hydrogen (secondary N) is 1. The Kier molecular flexibility index (Phi) is 4.14. The summed E-state index contributed by atoms with van der Waals surface area (Å²) in [6.07, 6.45) is 6.48. The molecule has 0 aromatic carbocycles. The van der Waals surface area contributed by atoms with E-state index < -0.39 is 0 Å². The average Bonchev–Trinajstić information content (AvgIpc) is 3.12. The predicted molar refractivity (Wildman–Crippen MR) is 84.0 cm³/mol. The van der Waals surface area contributed by atoms with E-state index in [0.29, 0.717) is 6.04 Å². The lowest BCUT2D eigenvalue weighted by molar-refractivity contribution is 0.497. The van der Waals surface area contributed by atoms with Crippen LogP contribution in [0, 0.1) is 0 Å². The molecule has 4 heteroatoms. The molecule has 1 unspecified atom stereocenters. The maximum absolute atomic E-state index is 4.63. The lowest BCUT2D eigenvalue weighted by Crippen LogP contribution is -2.20. The van der Waals surface area contributed by atoms with E-state index in [4.69, 9.17) is 0 Å². The topological polar surface area (TPSA) is 29.3 Å². The fraction of sp³-hybridized carbons (Fsp3) is 0.312. The first kappa shape index (κ1) is 13.3. The molecule has 3 rings (SSSR count). The summed E-state index contributed by atoms with van der Waals surface area (Å²) in [4.78, 5) is 6.04. The van der Waals surface area contributed by atoms with Crippen LogP contribution >= 0.6 is 11.3 Å². The molecule has 0 saturated carbocycles. The Bertz CT molecular complexity index is 624. The minimum absolute atomic E-state index is 0.435. The van der Waals surface area contributed by atoms with Crippen LogP contribution in [0.15, 0.2) is 48.1 Å². The first-order chi connectivity index (χ1) is 9.86. The molecule has 0 fully saturated rings. The van der Waals surface area contributed by atoms with Crippen molar-refractivity contribution in [3.8, 4) is 0 Å². The van der Waals surface area contributed by atoms with Crippen LogP contribution in [-0.4, -0.2) is 9.38 Å². The van der Waals surface area contributed by atoms with Gasteiger partial charge in [0.2, 0.25) is 0 Å². The Labute approximate surface area is 123 Å². The summed E-state index contributed by atoms with van der Waals surface area (Å²) in [5.41, 5.74) is 2.10. The molecule has 0 amide bonds. The van der Waals surface area contributed by atoms with Gasteiger partial charge in [0, 0.05) is 29.9 Å². The van der Waals surface area contributed by atoms with E-state index >= 15 is 0 Å². The highest BCUT2D eigenvalue weighted by molar-refractivity contribution is 7.10. The van der Waals surface area contributed by atoms with Crippen molar-refractivity contribution in [3.05, 3.63) is 58.7 Å². The number of nitrogens with zero attached hydrogens (tertiary/aromatic N) is 2. The maximum Gasteiger partial charge on any atom is 0.137 e. The second kappa shape index (κ2) is 6.20. The third-order valence-electron chi connectivity index (χ3n) is 3.41. The van der Waals surface area contributed by atoms with Gasteiger partial charge in [-0.3, -0.25) is 0 Å². The van der Waals surface area contributed by atoms with Gasteiger partial charge >= 0.3 is 0 Å². The van der Waals surface area contributed by atoms with Gasteiger partial charge in [0.15, 0.2) is 0 Å². The van der Waals surface area contributed by atoms with Gasteiger partial charge in [-0.05, 0) is 30.0 Å². The largest absolute Gasteiger partial charge is 0.307 e. The number of imidazole rings is 1. The van der Waals surface area contributed by atoms with Gasteiger partial charge in [0.05, 0.1) is 5.69 Å². The Morgan fingerprint density at radius 2 is 2.25 bits per heavy atom. The quantitative estimate of drug-likeness (QED) is 0.741. The summed E-state index contributed by atoms with van der Waals surface area (Å²) in [5.74, 6) is 0. The molecule has 0 spiro atoms. The van der Waals surface area contributed by atoms with E-state index in [1.807, 2.05) is 35.7 Å². The Balaban J connectivity index is 1.70. The molecule has 0 aliphatic rings. The van der Waals surface area contributed by atoms with Gasteiger partial charge in [0.1, 0.15) is 5.65 Å². The van der Waals surface area contributed by atoms with E-state index in [0.717, 1.165) is 24.3 Å². The highest BCUT2D eigenvalue weighted by Gasteiger charge is 2.11. The van der Waals surface area contributed by atoms with Gasteiger partial charge < -0.3 is 9.72 Å². The molecule has 0 bridgehead atoms. The van der Waals surface area contributed by atoms with Crippen molar-refractivity contribution in [1.82, 2.24) is 14.7 Å². The summed E-state index contributed by atoms with van der Waals surface area (Å²) in [6.45, 7) is 3.04. The van der Waals surface area contributed by atoms with Crippen molar-refractivity contribution in [2.45, 2.75) is 32.4 Å². The third-order valence-corrected chi connectivity index (χ3v) is 4.39. The second-order valence-electron chi connectivity index (χ2n) is 4.94. The van der Waals surface area contributed by atoms with Crippen molar-refractivity contribution in [2.75, 3.05) is 0 Å². The standard InChI is InChI=1S/C16H19N3S/c1-2-6-14(15-7-5-10-20-15)17-11-13-12-19-9-4-3-8-16(19)18-13/h3-5,7-10,12,14,17H,2,6,11H2,1H3. The molecule has 3 aromatic heterocycles. The SMILES string of the molecule is CCCC(NCc1cn2ccccc2n1)c1cccs1. The lowest BCUT2D eigenvalue weighted by Gasteiger charge is -2.15. The van der Waals surface area contributed by atoms with Crippen LogP contribution in [0.4, 0.5) is 0 Å². The second-order valence-corrected chi connectivity index (χ2v) is 5.92. The van der Waals surface area contributed by atoms with E-state index in [1.165, 1.54) is 11.3 Å². The molecule has 0 aliphatic carbocycles. The first-order valence-corrected chi connectivity index (χ1v) is 7.94. The van der Waals surface area contributed by atoms with Crippen molar-refractivity contribution >= 4 is 17.0 Å².